The number of amides is 3. The monoisotopic (exact) mass is 421 g/mol. The van der Waals surface area contributed by atoms with Crippen molar-refractivity contribution in [1.82, 2.24) is 16.0 Å². The number of nitrogens with one attached hydrogen (secondary N) is 3. The lowest BCUT2D eigenvalue weighted by atomic mass is 9.81. The van der Waals surface area contributed by atoms with Gasteiger partial charge in [0, 0.05) is 24.9 Å². The van der Waals surface area contributed by atoms with Crippen molar-refractivity contribution >= 4 is 23.5 Å². The molecule has 1 aromatic rings. The number of carbonyl (C=O) groups is 2. The van der Waals surface area contributed by atoms with Crippen molar-refractivity contribution in [1.29, 1.82) is 0 Å². The molecule has 10 heteroatoms. The highest BCUT2D eigenvalue weighted by molar-refractivity contribution is 6.31. The molecule has 3 rings (SSSR count). The van der Waals surface area contributed by atoms with Crippen LogP contribution in [0.2, 0.25) is 5.02 Å². The molecule has 1 saturated heterocycles. The van der Waals surface area contributed by atoms with Crippen LogP contribution in [0, 0.1) is 17.6 Å². The van der Waals surface area contributed by atoms with Crippen molar-refractivity contribution in [3.63, 3.8) is 0 Å². The van der Waals surface area contributed by atoms with Gasteiger partial charge in [0.25, 0.3) is 0 Å². The van der Waals surface area contributed by atoms with Crippen LogP contribution in [0.1, 0.15) is 43.7 Å². The number of alkyl halides is 2. The number of carbonyl (C=O) groups excluding carboxylic acids is 2. The Kier molecular flexibility index (Phi) is 6.02. The van der Waals surface area contributed by atoms with Crippen molar-refractivity contribution < 1.29 is 27.2 Å². The molecule has 1 aromatic carbocycles. The second-order valence-electron chi connectivity index (χ2n) is 7.27. The molecule has 3 amide bonds. The van der Waals surface area contributed by atoms with Crippen LogP contribution in [0.5, 0.6) is 0 Å². The summed E-state index contributed by atoms with van der Waals surface area (Å²) < 4.78 is 54.9. The van der Waals surface area contributed by atoms with Crippen molar-refractivity contribution in [2.75, 3.05) is 6.54 Å². The average molecular weight is 422 g/mol. The second-order valence-corrected chi connectivity index (χ2v) is 7.65. The van der Waals surface area contributed by atoms with Gasteiger partial charge in [0.2, 0.25) is 11.8 Å². The summed E-state index contributed by atoms with van der Waals surface area (Å²) in [6.45, 7) is 0.0691. The molecule has 1 saturated carbocycles. The maximum absolute atomic E-state index is 14.6. The van der Waals surface area contributed by atoms with Crippen molar-refractivity contribution in [2.45, 2.75) is 50.1 Å². The van der Waals surface area contributed by atoms with E-state index in [1.807, 2.05) is 0 Å². The van der Waals surface area contributed by atoms with Crippen molar-refractivity contribution in [3.8, 4) is 0 Å². The van der Waals surface area contributed by atoms with Crippen LogP contribution in [-0.4, -0.2) is 30.4 Å². The molecule has 0 bridgehead atoms. The van der Waals surface area contributed by atoms with Gasteiger partial charge in [0.1, 0.15) is 22.7 Å². The first-order valence-corrected chi connectivity index (χ1v) is 9.40. The summed E-state index contributed by atoms with van der Waals surface area (Å²) in [5, 5.41) is 6.82. The van der Waals surface area contributed by atoms with E-state index in [4.69, 9.17) is 11.6 Å². The van der Waals surface area contributed by atoms with Gasteiger partial charge in [-0.15, -0.1) is 0 Å². The first-order chi connectivity index (χ1) is 13.2. The predicted molar refractivity (Wildman–Crippen MR) is 94.1 cm³/mol. The van der Waals surface area contributed by atoms with Crippen LogP contribution in [0.3, 0.4) is 0 Å². The second kappa shape index (κ2) is 8.14. The Balaban J connectivity index is 1.79. The standard InChI is InChI=1S/C18H20ClF4N3O2/c19-14-11(20)2-1-10(15(14)21)12(7-9-3-5-18(22,23)6-4-9)25-16(27)13-8-24-17(28)26-13/h1-2,9,12-13H,3-8H2,(H,25,27)(H2,24,26,28)/t12-,13?/m1/s1. The molecule has 0 spiro atoms. The third kappa shape index (κ3) is 4.68. The zero-order chi connectivity index (χ0) is 20.5. The van der Waals surface area contributed by atoms with E-state index >= 15 is 0 Å². The summed E-state index contributed by atoms with van der Waals surface area (Å²) in [5.41, 5.74) is -0.0191. The van der Waals surface area contributed by atoms with Gasteiger partial charge >= 0.3 is 6.03 Å². The molecule has 1 unspecified atom stereocenters. The van der Waals surface area contributed by atoms with Gasteiger partial charge in [-0.1, -0.05) is 17.7 Å². The van der Waals surface area contributed by atoms with Gasteiger partial charge in [0.15, 0.2) is 0 Å². The highest BCUT2D eigenvalue weighted by Gasteiger charge is 2.37. The summed E-state index contributed by atoms with van der Waals surface area (Å²) in [5.74, 6) is -5.35. The predicted octanol–water partition coefficient (Wildman–Crippen LogP) is 3.67. The molecule has 154 valence electrons. The summed E-state index contributed by atoms with van der Waals surface area (Å²) in [6.07, 6.45) is 0.130. The van der Waals surface area contributed by atoms with Crippen LogP contribution in [0.25, 0.3) is 0 Å². The SMILES string of the molecule is O=C1NCC(C(=O)N[C@H](CC2CCC(F)(F)CC2)c2ccc(F)c(Cl)c2F)N1. The van der Waals surface area contributed by atoms with Crippen LogP contribution >= 0.6 is 11.6 Å². The lowest BCUT2D eigenvalue weighted by molar-refractivity contribution is -0.123. The molecule has 2 atom stereocenters. The fourth-order valence-electron chi connectivity index (χ4n) is 3.63. The van der Waals surface area contributed by atoms with Gasteiger partial charge in [-0.2, -0.15) is 0 Å². The van der Waals surface area contributed by atoms with E-state index in [2.05, 4.69) is 16.0 Å². The van der Waals surface area contributed by atoms with Gasteiger partial charge in [0.05, 0.1) is 6.04 Å². The normalized spacial score (nSPS) is 23.0. The smallest absolute Gasteiger partial charge is 0.315 e. The largest absolute Gasteiger partial charge is 0.347 e. The molecule has 2 fully saturated rings. The van der Waals surface area contributed by atoms with Gasteiger partial charge < -0.3 is 16.0 Å². The number of hydrogen-bond acceptors (Lipinski definition) is 2. The minimum absolute atomic E-state index is 0.0191. The van der Waals surface area contributed by atoms with Crippen LogP contribution in [0.15, 0.2) is 12.1 Å². The highest BCUT2D eigenvalue weighted by atomic mass is 35.5. The average Bonchev–Trinajstić information content (AvgIpc) is 3.07. The molecule has 1 aliphatic carbocycles. The quantitative estimate of drug-likeness (QED) is 0.501. The minimum atomic E-state index is -2.71. The molecular formula is C18H20ClF4N3O2. The summed E-state index contributed by atoms with van der Waals surface area (Å²) in [7, 11) is 0. The fraction of sp³-hybridized carbons (Fsp3) is 0.556. The van der Waals surface area contributed by atoms with Crippen molar-refractivity contribution in [2.24, 2.45) is 5.92 Å². The van der Waals surface area contributed by atoms with E-state index in [-0.39, 0.29) is 50.1 Å². The van der Waals surface area contributed by atoms with Crippen molar-refractivity contribution in [3.05, 3.63) is 34.4 Å². The van der Waals surface area contributed by atoms with E-state index in [1.165, 1.54) is 6.07 Å². The first kappa shape index (κ1) is 20.7. The van der Waals surface area contributed by atoms with Crippen LogP contribution in [-0.2, 0) is 4.79 Å². The molecule has 0 aromatic heterocycles. The molecule has 28 heavy (non-hydrogen) atoms. The maximum atomic E-state index is 14.6. The Labute approximate surface area is 164 Å². The van der Waals surface area contributed by atoms with E-state index in [0.29, 0.717) is 0 Å². The molecule has 1 aliphatic heterocycles. The highest BCUT2D eigenvalue weighted by Crippen LogP contribution is 2.40. The third-order valence-corrected chi connectivity index (χ3v) is 5.60. The maximum Gasteiger partial charge on any atom is 0.315 e. The topological polar surface area (TPSA) is 70.2 Å². The summed E-state index contributed by atoms with van der Waals surface area (Å²) in [6, 6.07) is -0.0511. The minimum Gasteiger partial charge on any atom is -0.347 e. The van der Waals surface area contributed by atoms with Gasteiger partial charge in [-0.25, -0.2) is 22.4 Å². The lowest BCUT2D eigenvalue weighted by Crippen LogP contribution is -2.45. The van der Waals surface area contributed by atoms with E-state index in [1.54, 1.807) is 0 Å². The van der Waals surface area contributed by atoms with Crippen LogP contribution in [0.4, 0.5) is 22.4 Å². The Hall–Kier alpha value is -2.03. The van der Waals surface area contributed by atoms with E-state index < -0.39 is 46.6 Å². The number of hydrogen-bond donors (Lipinski definition) is 3. The summed E-state index contributed by atoms with van der Waals surface area (Å²) in [4.78, 5) is 23.7. The van der Waals surface area contributed by atoms with E-state index in [0.717, 1.165) is 6.07 Å². The Bertz CT molecular complexity index is 767. The zero-order valence-electron chi connectivity index (χ0n) is 14.8. The molecule has 1 heterocycles. The first-order valence-electron chi connectivity index (χ1n) is 9.02. The number of benzene rings is 1. The molecule has 3 N–H and O–H groups in total. The molecule has 0 radical (unpaired) electrons. The van der Waals surface area contributed by atoms with Gasteiger partial charge in [-0.05, 0) is 31.2 Å². The molecule has 5 nitrogen and oxygen atoms in total. The Morgan fingerprint density at radius 3 is 2.57 bits per heavy atom. The number of urea groups is 1. The number of halogens is 5. The lowest BCUT2D eigenvalue weighted by Gasteiger charge is -2.31. The van der Waals surface area contributed by atoms with Gasteiger partial charge in [-0.3, -0.25) is 4.79 Å². The Morgan fingerprint density at radius 1 is 1.29 bits per heavy atom. The molecule has 2 aliphatic rings. The number of rotatable bonds is 5. The fourth-order valence-corrected chi connectivity index (χ4v) is 3.80. The zero-order valence-corrected chi connectivity index (χ0v) is 15.6. The third-order valence-electron chi connectivity index (χ3n) is 5.25. The summed E-state index contributed by atoms with van der Waals surface area (Å²) >= 11 is 5.66. The Morgan fingerprint density at radius 2 is 1.96 bits per heavy atom. The van der Waals surface area contributed by atoms with E-state index in [9.17, 15) is 27.2 Å². The van der Waals surface area contributed by atoms with Crippen LogP contribution < -0.4 is 16.0 Å². The molecular weight excluding hydrogens is 402 g/mol.